The summed E-state index contributed by atoms with van der Waals surface area (Å²) < 4.78 is 59.4. The number of carbonyl (C=O) groups excluding carboxylic acids is 3. The average Bonchev–Trinajstić information content (AvgIpc) is 3.63. The smallest absolute Gasteiger partial charge is 0.480 e. The molecule has 0 radical (unpaired) electrons. The van der Waals surface area contributed by atoms with Gasteiger partial charge >= 0.3 is 17.9 Å². The van der Waals surface area contributed by atoms with Crippen LogP contribution in [0.2, 0.25) is 0 Å². The number of nitrogens with zero attached hydrogens (tertiary/aromatic N) is 3. The summed E-state index contributed by atoms with van der Waals surface area (Å²) in [6.07, 6.45) is 4.13. The van der Waals surface area contributed by atoms with Crippen molar-refractivity contribution in [1.29, 1.82) is 0 Å². The number of nitrogens with one attached hydrogen (secondary N) is 2. The summed E-state index contributed by atoms with van der Waals surface area (Å²) >= 11 is 1.48. The van der Waals surface area contributed by atoms with Crippen LogP contribution in [0.3, 0.4) is 0 Å². The zero-order valence-electron chi connectivity index (χ0n) is 25.9. The van der Waals surface area contributed by atoms with Crippen LogP contribution in [0.1, 0.15) is 15.9 Å². The third kappa shape index (κ3) is 6.70. The molecule has 0 saturated heterocycles. The van der Waals surface area contributed by atoms with Crippen LogP contribution in [-0.4, -0.2) is 66.9 Å². The molecule has 254 valence electrons. The number of imide groups is 1. The minimum Gasteiger partial charge on any atom is -0.480 e. The van der Waals surface area contributed by atoms with Crippen LogP contribution < -0.4 is 14.9 Å². The number of carboxylic acids is 1. The Hall–Kier alpha value is -5.87. The highest BCUT2D eigenvalue weighted by Crippen LogP contribution is 2.27. The fourth-order valence-electron chi connectivity index (χ4n) is 5.44. The van der Waals surface area contributed by atoms with Gasteiger partial charge in [-0.3, -0.25) is 14.5 Å². The van der Waals surface area contributed by atoms with E-state index in [0.29, 0.717) is 23.4 Å². The van der Waals surface area contributed by atoms with Gasteiger partial charge in [0.1, 0.15) is 40.6 Å². The van der Waals surface area contributed by atoms with Crippen molar-refractivity contribution < 1.29 is 46.1 Å². The minimum absolute atomic E-state index is 0.165. The Kier molecular flexibility index (Phi) is 9.22. The molecule has 50 heavy (non-hydrogen) atoms. The molecule has 3 N–H and O–H groups in total. The molecule has 6 rings (SSSR count). The van der Waals surface area contributed by atoms with Gasteiger partial charge in [0.15, 0.2) is 0 Å². The summed E-state index contributed by atoms with van der Waals surface area (Å²) in [5.41, 5.74) is 1.07. The van der Waals surface area contributed by atoms with Gasteiger partial charge in [0.25, 0.3) is 15.9 Å². The van der Waals surface area contributed by atoms with Crippen molar-refractivity contribution in [3.8, 4) is 11.1 Å². The second-order valence-electron chi connectivity index (χ2n) is 11.2. The Balaban J connectivity index is 1.14. The average molecular weight is 719 g/mol. The number of amides is 4. The van der Waals surface area contributed by atoms with Crippen LogP contribution in [-0.2, 0) is 26.0 Å². The van der Waals surface area contributed by atoms with Crippen molar-refractivity contribution in [3.05, 3.63) is 113 Å². The molecule has 0 aliphatic carbocycles. The van der Waals surface area contributed by atoms with Crippen molar-refractivity contribution in [2.75, 3.05) is 16.7 Å². The number of hydrogen-bond acceptors (Lipinski definition) is 8. The SMILES string of the molecule is C[N+]1=C2C=NC=CC2C(=O)N(c2ccc(C[C@H](NC(=O)c3c(F)cc(NS(=O)(=O)c4ccc(-c5ccsc5)cc4)cc3F)C(=O)O)cc2)C1=O. The van der Waals surface area contributed by atoms with E-state index in [4.69, 9.17) is 0 Å². The second kappa shape index (κ2) is 13.6. The van der Waals surface area contributed by atoms with E-state index in [9.17, 15) is 32.7 Å². The zero-order chi connectivity index (χ0) is 35.7. The number of aliphatic imine (C=N–C) groups is 1. The van der Waals surface area contributed by atoms with Crippen LogP contribution in [0, 0.1) is 17.6 Å². The number of hydrogen-bond donors (Lipinski definition) is 3. The van der Waals surface area contributed by atoms with E-state index in [2.05, 4.69) is 15.0 Å². The van der Waals surface area contributed by atoms with Gasteiger partial charge in [-0.05, 0) is 76.0 Å². The second-order valence-corrected chi connectivity index (χ2v) is 13.7. The number of sulfonamides is 1. The number of rotatable bonds is 10. The minimum atomic E-state index is -4.27. The predicted molar refractivity (Wildman–Crippen MR) is 181 cm³/mol. The van der Waals surface area contributed by atoms with E-state index in [1.54, 1.807) is 18.2 Å². The molecule has 0 saturated carbocycles. The van der Waals surface area contributed by atoms with Crippen LogP contribution in [0.25, 0.3) is 11.1 Å². The molecule has 4 amide bonds. The third-order valence-corrected chi connectivity index (χ3v) is 10.1. The maximum Gasteiger partial charge on any atom is 0.506 e. The van der Waals surface area contributed by atoms with Crippen LogP contribution in [0.5, 0.6) is 0 Å². The Bertz CT molecular complexity index is 2210. The Morgan fingerprint density at radius 2 is 1.70 bits per heavy atom. The summed E-state index contributed by atoms with van der Waals surface area (Å²) in [5, 5.41) is 15.6. The van der Waals surface area contributed by atoms with Gasteiger partial charge in [0.2, 0.25) is 0 Å². The van der Waals surface area contributed by atoms with Gasteiger partial charge in [-0.1, -0.05) is 24.3 Å². The van der Waals surface area contributed by atoms with Crippen LogP contribution in [0.15, 0.2) is 99.7 Å². The molecule has 1 unspecified atom stereocenters. The van der Waals surface area contributed by atoms with Crippen molar-refractivity contribution in [1.82, 2.24) is 5.32 Å². The summed E-state index contributed by atoms with van der Waals surface area (Å²) in [7, 11) is -2.76. The Morgan fingerprint density at radius 3 is 2.32 bits per heavy atom. The summed E-state index contributed by atoms with van der Waals surface area (Å²) in [6.45, 7) is 0. The first-order valence-electron chi connectivity index (χ1n) is 14.8. The van der Waals surface area contributed by atoms with Gasteiger partial charge in [-0.15, -0.1) is 4.90 Å². The first-order chi connectivity index (χ1) is 23.8. The molecule has 0 bridgehead atoms. The first kappa shape index (κ1) is 34.0. The van der Waals surface area contributed by atoms with Crippen molar-refractivity contribution in [3.63, 3.8) is 0 Å². The molecule has 12 nitrogen and oxygen atoms in total. The number of carbonyl (C=O) groups is 4. The maximum atomic E-state index is 15.1. The summed E-state index contributed by atoms with van der Waals surface area (Å²) in [6, 6.07) is 12.5. The molecule has 2 atom stereocenters. The fourth-order valence-corrected chi connectivity index (χ4v) is 7.14. The highest BCUT2D eigenvalue weighted by molar-refractivity contribution is 7.92. The highest BCUT2D eigenvalue weighted by Gasteiger charge is 2.47. The molecule has 3 aromatic carbocycles. The maximum absolute atomic E-state index is 15.1. The van der Waals surface area contributed by atoms with Crippen molar-refractivity contribution >= 4 is 68.5 Å². The molecule has 0 spiro atoms. The number of thiophene rings is 1. The summed E-state index contributed by atoms with van der Waals surface area (Å²) in [4.78, 5) is 55.8. The highest BCUT2D eigenvalue weighted by atomic mass is 32.2. The zero-order valence-corrected chi connectivity index (χ0v) is 27.5. The Labute approximate surface area is 287 Å². The molecule has 3 heterocycles. The standard InChI is InChI=1S/C34H25F2N5O7S2/c1-40-29-17-37-12-10-25(29)32(43)41(34(40)46)23-6-2-19(3-7-23)14-28(33(44)45)38-31(42)30-26(35)15-22(16-27(30)36)39-50(47,48)24-8-4-20(5-9-24)21-11-13-49-18-21/h2-13,15-18,25,28H,14H2,1H3,(H2-,38,39,42,44,45)/p+1/t25?,28-/m0/s1. The van der Waals surface area contributed by atoms with Gasteiger partial charge < -0.3 is 10.4 Å². The van der Waals surface area contributed by atoms with E-state index in [1.807, 2.05) is 16.8 Å². The molecule has 1 aromatic heterocycles. The largest absolute Gasteiger partial charge is 0.506 e. The van der Waals surface area contributed by atoms with Gasteiger partial charge in [0.05, 0.1) is 23.8 Å². The van der Waals surface area contributed by atoms with Crippen molar-refractivity contribution in [2.24, 2.45) is 10.9 Å². The molecular formula is C34H26F2N5O7S2+. The number of halogens is 2. The molecule has 4 aromatic rings. The molecule has 16 heteroatoms. The fraction of sp³-hybridized carbons (Fsp3) is 0.118. The number of anilines is 2. The Morgan fingerprint density at radius 1 is 1.02 bits per heavy atom. The number of fused-ring (bicyclic) bond motifs is 1. The van der Waals surface area contributed by atoms with E-state index in [-0.39, 0.29) is 17.0 Å². The van der Waals surface area contributed by atoms with Crippen LogP contribution in [0.4, 0.5) is 25.0 Å². The lowest BCUT2D eigenvalue weighted by Gasteiger charge is -2.24. The lowest BCUT2D eigenvalue weighted by molar-refractivity contribution is -0.392. The van der Waals surface area contributed by atoms with E-state index in [0.717, 1.165) is 16.0 Å². The number of urea groups is 1. The lowest BCUT2D eigenvalue weighted by Crippen LogP contribution is -2.54. The van der Waals surface area contributed by atoms with E-state index < -0.39 is 68.7 Å². The van der Waals surface area contributed by atoms with E-state index in [1.165, 1.54) is 71.8 Å². The van der Waals surface area contributed by atoms with Gasteiger partial charge in [0, 0.05) is 12.6 Å². The summed E-state index contributed by atoms with van der Waals surface area (Å²) in [5.74, 6) is -6.96. The number of benzene rings is 3. The topological polar surface area (TPSA) is 165 Å². The number of carboxylic acid groups (broad SMARTS) is 1. The predicted octanol–water partition coefficient (Wildman–Crippen LogP) is 4.68. The van der Waals surface area contributed by atoms with Gasteiger partial charge in [-0.25, -0.2) is 26.8 Å². The molecule has 0 fully saturated rings. The van der Waals surface area contributed by atoms with E-state index >= 15 is 8.78 Å². The van der Waals surface area contributed by atoms with Gasteiger partial charge in [-0.2, -0.15) is 20.7 Å². The third-order valence-electron chi connectivity index (χ3n) is 8.02. The molecular weight excluding hydrogens is 693 g/mol. The number of aliphatic carboxylic acids is 1. The normalized spacial score (nSPS) is 16.3. The monoisotopic (exact) mass is 718 g/mol. The lowest BCUT2D eigenvalue weighted by atomic mass is 9.97. The quantitative estimate of drug-likeness (QED) is 0.200. The van der Waals surface area contributed by atoms with Crippen molar-refractivity contribution in [2.45, 2.75) is 17.4 Å². The first-order valence-corrected chi connectivity index (χ1v) is 17.2. The molecule has 2 aliphatic rings. The van der Waals surface area contributed by atoms with Crippen LogP contribution >= 0.6 is 11.3 Å². The molecule has 2 aliphatic heterocycles.